The van der Waals surface area contributed by atoms with Crippen LogP contribution in [-0.4, -0.2) is 43.5 Å². The Morgan fingerprint density at radius 2 is 1.96 bits per heavy atom. The van der Waals surface area contributed by atoms with Crippen molar-refractivity contribution in [2.75, 3.05) is 13.1 Å². The lowest BCUT2D eigenvalue weighted by Gasteiger charge is -2.22. The van der Waals surface area contributed by atoms with E-state index in [-0.39, 0.29) is 5.91 Å². The smallest absolute Gasteiger partial charge is 0.273 e. The van der Waals surface area contributed by atoms with Gasteiger partial charge in [0.15, 0.2) is 5.69 Å². The molecule has 1 aromatic carbocycles. The number of hydrogen-bond donors (Lipinski definition) is 2. The lowest BCUT2D eigenvalue weighted by atomic mass is 10.1. The maximum atomic E-state index is 12.3. The van der Waals surface area contributed by atoms with Crippen molar-refractivity contribution in [1.29, 1.82) is 0 Å². The number of imidazole rings is 1. The third kappa shape index (κ3) is 4.40. The Balaban J connectivity index is 1.30. The van der Waals surface area contributed by atoms with Gasteiger partial charge in [-0.2, -0.15) is 0 Å². The molecule has 0 unspecified atom stereocenters. The van der Waals surface area contributed by atoms with Gasteiger partial charge >= 0.3 is 0 Å². The molecule has 3 aromatic rings. The highest BCUT2D eigenvalue weighted by molar-refractivity contribution is 5.91. The molecular weight excluding hydrogens is 342 g/mol. The number of rotatable bonds is 6. The highest BCUT2D eigenvalue weighted by Crippen LogP contribution is 2.17. The van der Waals surface area contributed by atoms with E-state index in [1.807, 2.05) is 27.6 Å². The van der Waals surface area contributed by atoms with Crippen LogP contribution in [0.4, 0.5) is 0 Å². The van der Waals surface area contributed by atoms with Crippen LogP contribution in [-0.2, 0) is 13.1 Å². The van der Waals surface area contributed by atoms with Gasteiger partial charge in [0.25, 0.3) is 5.91 Å². The third-order valence-electron chi connectivity index (χ3n) is 4.83. The van der Waals surface area contributed by atoms with E-state index in [4.69, 9.17) is 0 Å². The van der Waals surface area contributed by atoms with E-state index in [9.17, 15) is 4.79 Å². The minimum atomic E-state index is -0.197. The topological polar surface area (TPSA) is 89.7 Å². The fraction of sp³-hybridized carbons (Fsp3) is 0.368. The Labute approximate surface area is 157 Å². The number of aromatic nitrogens is 5. The van der Waals surface area contributed by atoms with Crippen molar-refractivity contribution >= 4 is 5.91 Å². The van der Waals surface area contributed by atoms with Crippen LogP contribution in [0.25, 0.3) is 0 Å². The van der Waals surface area contributed by atoms with Crippen molar-refractivity contribution in [1.82, 2.24) is 35.2 Å². The molecule has 27 heavy (non-hydrogen) atoms. The average molecular weight is 365 g/mol. The van der Waals surface area contributed by atoms with Crippen molar-refractivity contribution < 1.29 is 4.79 Å². The molecule has 1 saturated heterocycles. The van der Waals surface area contributed by atoms with E-state index in [1.165, 1.54) is 5.56 Å². The zero-order valence-electron chi connectivity index (χ0n) is 15.1. The molecule has 0 aliphatic carbocycles. The Bertz CT molecular complexity index is 864. The number of benzene rings is 1. The Kier molecular flexibility index (Phi) is 5.24. The van der Waals surface area contributed by atoms with Gasteiger partial charge in [-0.05, 0) is 37.1 Å². The van der Waals surface area contributed by atoms with E-state index in [1.54, 1.807) is 18.7 Å². The van der Waals surface area contributed by atoms with Crippen LogP contribution >= 0.6 is 0 Å². The second-order valence-electron chi connectivity index (χ2n) is 6.80. The second-order valence-corrected chi connectivity index (χ2v) is 6.80. The van der Waals surface area contributed by atoms with Crippen LogP contribution in [0.1, 0.15) is 40.5 Å². The van der Waals surface area contributed by atoms with Gasteiger partial charge in [-0.1, -0.05) is 29.5 Å². The molecule has 1 fully saturated rings. The molecular formula is C19H23N7O. The molecule has 2 aromatic heterocycles. The summed E-state index contributed by atoms with van der Waals surface area (Å²) in [6.07, 6.45) is 9.27. The van der Waals surface area contributed by atoms with Gasteiger partial charge in [0.05, 0.1) is 18.6 Å². The van der Waals surface area contributed by atoms with Crippen molar-refractivity contribution in [3.05, 3.63) is 66.0 Å². The number of carbonyl (C=O) groups excluding carboxylic acids is 1. The molecule has 1 amide bonds. The molecule has 0 radical (unpaired) electrons. The molecule has 0 spiro atoms. The van der Waals surface area contributed by atoms with E-state index >= 15 is 0 Å². The minimum absolute atomic E-state index is 0.197. The SMILES string of the molecule is O=C(NCc1ccc(Cn2ccnc2)cc1)c1cn(C2CCNCC2)nn1. The lowest BCUT2D eigenvalue weighted by Crippen LogP contribution is -2.29. The van der Waals surface area contributed by atoms with E-state index in [0.29, 0.717) is 18.3 Å². The highest BCUT2D eigenvalue weighted by atomic mass is 16.2. The first-order valence-electron chi connectivity index (χ1n) is 9.22. The zero-order chi connectivity index (χ0) is 18.5. The highest BCUT2D eigenvalue weighted by Gasteiger charge is 2.18. The van der Waals surface area contributed by atoms with Gasteiger partial charge in [0.2, 0.25) is 0 Å². The number of hydrogen-bond acceptors (Lipinski definition) is 5. The Morgan fingerprint density at radius 3 is 2.70 bits per heavy atom. The normalized spacial score (nSPS) is 15.0. The fourth-order valence-electron chi connectivity index (χ4n) is 3.26. The third-order valence-corrected chi connectivity index (χ3v) is 4.83. The van der Waals surface area contributed by atoms with Crippen molar-refractivity contribution in [2.45, 2.75) is 32.0 Å². The van der Waals surface area contributed by atoms with Crippen LogP contribution in [0.3, 0.4) is 0 Å². The Hall–Kier alpha value is -3.00. The molecule has 0 saturated carbocycles. The van der Waals surface area contributed by atoms with Gasteiger partial charge in [0.1, 0.15) is 0 Å². The van der Waals surface area contributed by atoms with Gasteiger partial charge in [-0.3, -0.25) is 4.79 Å². The molecule has 0 atom stereocenters. The van der Waals surface area contributed by atoms with Crippen molar-refractivity contribution in [3.63, 3.8) is 0 Å². The summed E-state index contributed by atoms with van der Waals surface area (Å²) in [6.45, 7) is 3.20. The van der Waals surface area contributed by atoms with Crippen LogP contribution < -0.4 is 10.6 Å². The maximum Gasteiger partial charge on any atom is 0.273 e. The predicted molar refractivity (Wildman–Crippen MR) is 100 cm³/mol. The predicted octanol–water partition coefficient (Wildman–Crippen LogP) is 1.38. The largest absolute Gasteiger partial charge is 0.347 e. The number of nitrogens with one attached hydrogen (secondary N) is 2. The van der Waals surface area contributed by atoms with Gasteiger partial charge in [-0.25, -0.2) is 9.67 Å². The lowest BCUT2D eigenvalue weighted by molar-refractivity contribution is 0.0946. The van der Waals surface area contributed by atoms with Crippen molar-refractivity contribution in [2.24, 2.45) is 0 Å². The molecule has 8 heteroatoms. The summed E-state index contributed by atoms with van der Waals surface area (Å²) >= 11 is 0. The molecule has 8 nitrogen and oxygen atoms in total. The summed E-state index contributed by atoms with van der Waals surface area (Å²) in [6, 6.07) is 8.50. The van der Waals surface area contributed by atoms with Crippen molar-refractivity contribution in [3.8, 4) is 0 Å². The summed E-state index contributed by atoms with van der Waals surface area (Å²) in [5, 5.41) is 14.4. The number of nitrogens with zero attached hydrogens (tertiary/aromatic N) is 5. The Morgan fingerprint density at radius 1 is 1.19 bits per heavy atom. The molecule has 4 rings (SSSR count). The van der Waals surface area contributed by atoms with Gasteiger partial charge in [-0.15, -0.1) is 5.10 Å². The molecule has 0 bridgehead atoms. The minimum Gasteiger partial charge on any atom is -0.347 e. The quantitative estimate of drug-likeness (QED) is 0.689. The first-order chi connectivity index (χ1) is 13.3. The second kappa shape index (κ2) is 8.13. The van der Waals surface area contributed by atoms with Crippen LogP contribution in [0.5, 0.6) is 0 Å². The van der Waals surface area contributed by atoms with Gasteiger partial charge < -0.3 is 15.2 Å². The number of piperidine rings is 1. The van der Waals surface area contributed by atoms with Gasteiger partial charge in [0, 0.05) is 25.5 Å². The fourth-order valence-corrected chi connectivity index (χ4v) is 3.26. The molecule has 1 aliphatic rings. The standard InChI is InChI=1S/C19H23N7O/c27-19(18-13-26(24-23-18)17-5-7-20-8-6-17)22-11-15-1-3-16(4-2-15)12-25-10-9-21-14-25/h1-4,9-10,13-14,17,20H,5-8,11-12H2,(H,22,27). The van der Waals surface area contributed by atoms with E-state index in [0.717, 1.165) is 38.0 Å². The first kappa shape index (κ1) is 17.4. The zero-order valence-corrected chi connectivity index (χ0v) is 15.1. The summed E-state index contributed by atoms with van der Waals surface area (Å²) in [5.41, 5.74) is 2.60. The summed E-state index contributed by atoms with van der Waals surface area (Å²) in [5.74, 6) is -0.197. The van der Waals surface area contributed by atoms with E-state index < -0.39 is 0 Å². The van der Waals surface area contributed by atoms with Crippen LogP contribution in [0, 0.1) is 0 Å². The maximum absolute atomic E-state index is 12.3. The van der Waals surface area contributed by atoms with Crippen LogP contribution in [0.15, 0.2) is 49.2 Å². The average Bonchev–Trinajstić information content (AvgIpc) is 3.40. The first-order valence-corrected chi connectivity index (χ1v) is 9.22. The summed E-state index contributed by atoms with van der Waals surface area (Å²) in [4.78, 5) is 16.4. The molecule has 140 valence electrons. The van der Waals surface area contributed by atoms with Crippen LogP contribution in [0.2, 0.25) is 0 Å². The summed E-state index contributed by atoms with van der Waals surface area (Å²) < 4.78 is 3.84. The molecule has 3 heterocycles. The molecule has 1 aliphatic heterocycles. The number of carbonyl (C=O) groups is 1. The summed E-state index contributed by atoms with van der Waals surface area (Å²) in [7, 11) is 0. The monoisotopic (exact) mass is 365 g/mol. The number of amides is 1. The van der Waals surface area contributed by atoms with E-state index in [2.05, 4.69) is 38.1 Å². The molecule has 2 N–H and O–H groups in total.